The zero-order chi connectivity index (χ0) is 25.1. The van der Waals surface area contributed by atoms with Gasteiger partial charge in [-0.05, 0) is 62.2 Å². The van der Waals surface area contributed by atoms with E-state index in [0.717, 1.165) is 27.9 Å². The molecular formula is C27H27N5O3. The number of aromatic nitrogens is 3. The maximum Gasteiger partial charge on any atom is 0.256 e. The number of methoxy groups -OCH3 is 1. The van der Waals surface area contributed by atoms with Crippen molar-refractivity contribution < 1.29 is 9.53 Å². The number of pyridine rings is 2. The van der Waals surface area contributed by atoms with Crippen molar-refractivity contribution in [3.8, 4) is 11.8 Å². The number of fused-ring (bicyclic) bond motifs is 1. The van der Waals surface area contributed by atoms with Gasteiger partial charge >= 0.3 is 0 Å². The van der Waals surface area contributed by atoms with E-state index in [4.69, 9.17) is 4.74 Å². The molecule has 1 aromatic carbocycles. The predicted molar refractivity (Wildman–Crippen MR) is 133 cm³/mol. The number of carbonyl (C=O) groups is 1. The number of aromatic amines is 1. The SMILES string of the molecule is COc1cc(C)[nH]c(=O)c1CNC(=O)Cc1c(C)n(C(C)c2cccc(C#N)c2)c2ncccc12. The summed E-state index contributed by atoms with van der Waals surface area (Å²) in [5.41, 5.74) is 4.93. The van der Waals surface area contributed by atoms with E-state index < -0.39 is 0 Å². The fourth-order valence-corrected chi connectivity index (χ4v) is 4.48. The second-order valence-electron chi connectivity index (χ2n) is 8.50. The van der Waals surface area contributed by atoms with Crippen molar-refractivity contribution in [3.63, 3.8) is 0 Å². The Morgan fingerprint density at radius 1 is 1.23 bits per heavy atom. The van der Waals surface area contributed by atoms with E-state index in [2.05, 4.69) is 32.8 Å². The number of aryl methyl sites for hydroxylation is 1. The van der Waals surface area contributed by atoms with Gasteiger partial charge in [-0.2, -0.15) is 5.26 Å². The first-order valence-corrected chi connectivity index (χ1v) is 11.3. The lowest BCUT2D eigenvalue weighted by Gasteiger charge is -2.18. The molecule has 0 fully saturated rings. The van der Waals surface area contributed by atoms with E-state index in [-0.39, 0.29) is 30.5 Å². The number of hydrogen-bond donors (Lipinski definition) is 2. The van der Waals surface area contributed by atoms with E-state index in [9.17, 15) is 14.9 Å². The quantitative estimate of drug-likeness (QED) is 0.429. The molecular weight excluding hydrogens is 442 g/mol. The number of rotatable bonds is 7. The first-order valence-electron chi connectivity index (χ1n) is 11.3. The van der Waals surface area contributed by atoms with E-state index >= 15 is 0 Å². The number of amides is 1. The molecule has 3 aromatic heterocycles. The van der Waals surface area contributed by atoms with Crippen molar-refractivity contribution in [2.24, 2.45) is 0 Å². The molecule has 1 amide bonds. The lowest BCUT2D eigenvalue weighted by molar-refractivity contribution is -0.120. The Morgan fingerprint density at radius 2 is 2.03 bits per heavy atom. The van der Waals surface area contributed by atoms with Crippen LogP contribution in [0.1, 0.15) is 46.6 Å². The van der Waals surface area contributed by atoms with Crippen molar-refractivity contribution in [3.05, 3.63) is 92.7 Å². The molecule has 0 saturated heterocycles. The average molecular weight is 470 g/mol. The standard InChI is InChI=1S/C27H27N5O3/c1-16-11-24(35-4)23(27(34)31-16)15-30-25(33)13-22-18(3)32(26-21(22)9-6-10-29-26)17(2)20-8-5-7-19(12-20)14-28/h5-12,17H,13,15H2,1-4H3,(H,30,33)(H,31,34). The number of ether oxygens (including phenoxy) is 1. The summed E-state index contributed by atoms with van der Waals surface area (Å²) in [6.45, 7) is 5.86. The largest absolute Gasteiger partial charge is 0.496 e. The van der Waals surface area contributed by atoms with Gasteiger partial charge in [0.15, 0.2) is 0 Å². The maximum absolute atomic E-state index is 13.0. The second-order valence-corrected chi connectivity index (χ2v) is 8.50. The van der Waals surface area contributed by atoms with Gasteiger partial charge in [0.2, 0.25) is 5.91 Å². The Morgan fingerprint density at radius 3 is 2.77 bits per heavy atom. The van der Waals surface area contributed by atoms with Crippen molar-refractivity contribution in [1.82, 2.24) is 19.9 Å². The number of carbonyl (C=O) groups excluding carboxylic acids is 1. The van der Waals surface area contributed by atoms with Crippen LogP contribution in [0.3, 0.4) is 0 Å². The Balaban J connectivity index is 1.63. The molecule has 0 bridgehead atoms. The first kappa shape index (κ1) is 23.8. The van der Waals surface area contributed by atoms with Crippen molar-refractivity contribution in [2.75, 3.05) is 7.11 Å². The fraction of sp³-hybridized carbons (Fsp3) is 0.259. The van der Waals surface area contributed by atoms with Crippen LogP contribution in [0.5, 0.6) is 5.75 Å². The lowest BCUT2D eigenvalue weighted by atomic mass is 10.0. The van der Waals surface area contributed by atoms with E-state index in [1.165, 1.54) is 7.11 Å². The minimum atomic E-state index is -0.285. The van der Waals surface area contributed by atoms with E-state index in [1.807, 2.05) is 37.3 Å². The van der Waals surface area contributed by atoms with Gasteiger partial charge in [0.25, 0.3) is 5.56 Å². The first-order chi connectivity index (χ1) is 16.8. The van der Waals surface area contributed by atoms with Gasteiger partial charge < -0.3 is 19.6 Å². The molecule has 2 N–H and O–H groups in total. The van der Waals surface area contributed by atoms with Crippen molar-refractivity contribution in [2.45, 2.75) is 39.8 Å². The summed E-state index contributed by atoms with van der Waals surface area (Å²) in [5, 5.41) is 13.0. The molecule has 3 heterocycles. The second kappa shape index (κ2) is 9.85. The maximum atomic E-state index is 13.0. The van der Waals surface area contributed by atoms with Crippen LogP contribution in [-0.4, -0.2) is 27.6 Å². The molecule has 0 aliphatic carbocycles. The van der Waals surface area contributed by atoms with E-state index in [0.29, 0.717) is 22.6 Å². The topological polar surface area (TPSA) is 113 Å². The molecule has 178 valence electrons. The smallest absolute Gasteiger partial charge is 0.256 e. The van der Waals surface area contributed by atoms with Gasteiger partial charge in [-0.3, -0.25) is 9.59 Å². The summed E-state index contributed by atoms with van der Waals surface area (Å²) in [6, 6.07) is 15.1. The molecule has 8 heteroatoms. The van der Waals surface area contributed by atoms with Crippen molar-refractivity contribution >= 4 is 16.9 Å². The molecule has 1 atom stereocenters. The third kappa shape index (κ3) is 4.66. The molecule has 0 aliphatic rings. The highest BCUT2D eigenvalue weighted by Gasteiger charge is 2.22. The van der Waals surface area contributed by atoms with Gasteiger partial charge in [0.1, 0.15) is 11.4 Å². The van der Waals surface area contributed by atoms with Crippen LogP contribution in [0.4, 0.5) is 0 Å². The molecule has 4 aromatic rings. The minimum Gasteiger partial charge on any atom is -0.496 e. The number of nitrogens with zero attached hydrogens (tertiary/aromatic N) is 3. The Labute approximate surface area is 203 Å². The number of nitrogens with one attached hydrogen (secondary N) is 2. The molecule has 4 rings (SSSR count). The normalized spacial score (nSPS) is 11.7. The fourth-order valence-electron chi connectivity index (χ4n) is 4.48. The Kier molecular flexibility index (Phi) is 6.69. The minimum absolute atomic E-state index is 0.0604. The summed E-state index contributed by atoms with van der Waals surface area (Å²) in [4.78, 5) is 32.7. The third-order valence-electron chi connectivity index (χ3n) is 6.27. The van der Waals surface area contributed by atoms with Gasteiger partial charge in [0, 0.05) is 23.0 Å². The molecule has 0 saturated carbocycles. The predicted octanol–water partition coefficient (Wildman–Crippen LogP) is 3.69. The summed E-state index contributed by atoms with van der Waals surface area (Å²) in [5.74, 6) is 0.231. The van der Waals surface area contributed by atoms with Crippen LogP contribution < -0.4 is 15.6 Å². The number of benzene rings is 1. The highest BCUT2D eigenvalue weighted by atomic mass is 16.5. The van der Waals surface area contributed by atoms with Crippen LogP contribution in [-0.2, 0) is 17.8 Å². The summed E-state index contributed by atoms with van der Waals surface area (Å²) in [7, 11) is 1.50. The number of H-pyrrole nitrogens is 1. The highest BCUT2D eigenvalue weighted by Crippen LogP contribution is 2.31. The number of nitriles is 1. The Bertz CT molecular complexity index is 1510. The number of hydrogen-bond acceptors (Lipinski definition) is 5. The van der Waals surface area contributed by atoms with Crippen LogP contribution >= 0.6 is 0 Å². The van der Waals surface area contributed by atoms with Gasteiger partial charge in [-0.25, -0.2) is 4.98 Å². The summed E-state index contributed by atoms with van der Waals surface area (Å²) < 4.78 is 7.42. The average Bonchev–Trinajstić information content (AvgIpc) is 3.13. The molecule has 0 aliphatic heterocycles. The van der Waals surface area contributed by atoms with Gasteiger partial charge in [-0.1, -0.05) is 12.1 Å². The van der Waals surface area contributed by atoms with Gasteiger partial charge in [-0.15, -0.1) is 0 Å². The van der Waals surface area contributed by atoms with Gasteiger partial charge in [0.05, 0.1) is 43.3 Å². The highest BCUT2D eigenvalue weighted by molar-refractivity contribution is 5.89. The third-order valence-corrected chi connectivity index (χ3v) is 6.27. The zero-order valence-corrected chi connectivity index (χ0v) is 20.2. The van der Waals surface area contributed by atoms with Crippen LogP contribution in [0.15, 0.2) is 53.5 Å². The van der Waals surface area contributed by atoms with E-state index in [1.54, 1.807) is 25.3 Å². The zero-order valence-electron chi connectivity index (χ0n) is 20.2. The van der Waals surface area contributed by atoms with Crippen LogP contribution in [0.2, 0.25) is 0 Å². The summed E-state index contributed by atoms with van der Waals surface area (Å²) in [6.07, 6.45) is 1.87. The Hall–Kier alpha value is -4.38. The monoisotopic (exact) mass is 469 g/mol. The lowest BCUT2D eigenvalue weighted by Crippen LogP contribution is -2.28. The molecule has 1 unspecified atom stereocenters. The molecule has 35 heavy (non-hydrogen) atoms. The van der Waals surface area contributed by atoms with Crippen LogP contribution in [0, 0.1) is 25.2 Å². The molecule has 0 spiro atoms. The molecule has 0 radical (unpaired) electrons. The van der Waals surface area contributed by atoms with Crippen molar-refractivity contribution in [1.29, 1.82) is 5.26 Å². The van der Waals surface area contributed by atoms with Crippen LogP contribution in [0.25, 0.3) is 11.0 Å². The molecule has 8 nitrogen and oxygen atoms in total. The summed E-state index contributed by atoms with van der Waals surface area (Å²) >= 11 is 0.